The number of benzene rings is 1. The Bertz CT molecular complexity index is 549. The highest BCUT2D eigenvalue weighted by Gasteiger charge is 2.20. The number of anilines is 1. The predicted octanol–water partition coefficient (Wildman–Crippen LogP) is 3.60. The molecule has 0 bridgehead atoms. The molecule has 0 radical (unpaired) electrons. The summed E-state index contributed by atoms with van der Waals surface area (Å²) in [7, 11) is 0. The molecule has 0 saturated carbocycles. The number of amides is 1. The minimum Gasteiger partial charge on any atom is -0.480 e. The van der Waals surface area contributed by atoms with Crippen LogP contribution in [0.3, 0.4) is 0 Å². The molecule has 2 unspecified atom stereocenters. The number of hydrogen-bond donors (Lipinski definition) is 3. The monoisotopic (exact) mass is 340 g/mol. The normalized spacial score (nSPS) is 13.4. The lowest BCUT2D eigenvalue weighted by molar-refractivity contribution is -0.140. The van der Waals surface area contributed by atoms with Crippen molar-refractivity contribution in [2.24, 2.45) is 0 Å². The largest absolute Gasteiger partial charge is 0.480 e. The Morgan fingerprint density at radius 2 is 2.04 bits per heavy atom. The van der Waals surface area contributed by atoms with Crippen LogP contribution in [0.4, 0.5) is 5.69 Å². The van der Waals surface area contributed by atoms with Crippen molar-refractivity contribution in [3.05, 3.63) is 28.8 Å². The fraction of sp³-hybridized carbons (Fsp3) is 0.529. The number of aliphatic carboxylic acids is 1. The maximum atomic E-state index is 12.1. The quantitative estimate of drug-likeness (QED) is 0.641. The number of carbonyl (C=O) groups excluding carboxylic acids is 1. The molecule has 1 aromatic rings. The first-order chi connectivity index (χ1) is 10.8. The number of unbranched alkanes of at least 4 members (excludes halogenated alkanes) is 1. The van der Waals surface area contributed by atoms with Crippen LogP contribution in [0.1, 0.15) is 45.1 Å². The molecular formula is C17H25ClN2O3. The van der Waals surface area contributed by atoms with E-state index in [4.69, 9.17) is 11.6 Å². The fourth-order valence-corrected chi connectivity index (χ4v) is 2.57. The SMILES string of the molecule is CCCCC(NC(C)CC(=O)Nc1ccc(C)cc1Cl)C(=O)O. The first-order valence-electron chi connectivity index (χ1n) is 7.88. The van der Waals surface area contributed by atoms with Gasteiger partial charge in [-0.1, -0.05) is 37.4 Å². The van der Waals surface area contributed by atoms with Crippen LogP contribution in [0.25, 0.3) is 0 Å². The first kappa shape index (κ1) is 19.5. The van der Waals surface area contributed by atoms with Gasteiger partial charge in [0.1, 0.15) is 6.04 Å². The third kappa shape index (κ3) is 7.01. The molecule has 1 amide bonds. The van der Waals surface area contributed by atoms with Crippen molar-refractivity contribution in [3.63, 3.8) is 0 Å². The van der Waals surface area contributed by atoms with E-state index in [2.05, 4.69) is 10.6 Å². The molecule has 23 heavy (non-hydrogen) atoms. The Hall–Kier alpha value is -1.59. The molecule has 0 fully saturated rings. The van der Waals surface area contributed by atoms with Crippen molar-refractivity contribution in [1.82, 2.24) is 5.32 Å². The molecule has 0 saturated heterocycles. The number of rotatable bonds is 9. The van der Waals surface area contributed by atoms with Crippen LogP contribution >= 0.6 is 11.6 Å². The molecular weight excluding hydrogens is 316 g/mol. The van der Waals surface area contributed by atoms with Crippen LogP contribution in [-0.2, 0) is 9.59 Å². The molecule has 3 N–H and O–H groups in total. The van der Waals surface area contributed by atoms with Gasteiger partial charge in [0.2, 0.25) is 5.91 Å². The van der Waals surface area contributed by atoms with Crippen LogP contribution in [-0.4, -0.2) is 29.1 Å². The minimum absolute atomic E-state index is 0.181. The standard InChI is InChI=1S/C17H25ClN2O3/c1-4-5-6-15(17(22)23)19-12(3)10-16(21)20-14-8-7-11(2)9-13(14)18/h7-9,12,15,19H,4-6,10H2,1-3H3,(H,20,21)(H,22,23). The van der Waals surface area contributed by atoms with Gasteiger partial charge in [0.15, 0.2) is 0 Å². The van der Waals surface area contributed by atoms with E-state index in [1.54, 1.807) is 19.1 Å². The zero-order chi connectivity index (χ0) is 17.4. The zero-order valence-electron chi connectivity index (χ0n) is 13.9. The third-order valence-electron chi connectivity index (χ3n) is 3.52. The van der Waals surface area contributed by atoms with Gasteiger partial charge in [-0.15, -0.1) is 0 Å². The lowest BCUT2D eigenvalue weighted by atomic mass is 10.1. The van der Waals surface area contributed by atoms with Gasteiger partial charge in [0.25, 0.3) is 0 Å². The lowest BCUT2D eigenvalue weighted by Crippen LogP contribution is -2.43. The van der Waals surface area contributed by atoms with E-state index in [-0.39, 0.29) is 18.4 Å². The Balaban J connectivity index is 2.53. The van der Waals surface area contributed by atoms with Crippen LogP contribution in [0.15, 0.2) is 18.2 Å². The van der Waals surface area contributed by atoms with Gasteiger partial charge in [-0.3, -0.25) is 9.59 Å². The fourth-order valence-electron chi connectivity index (χ4n) is 2.29. The Labute approximate surface area is 142 Å². The summed E-state index contributed by atoms with van der Waals surface area (Å²) in [5.74, 6) is -1.08. The van der Waals surface area contributed by atoms with Crippen LogP contribution in [0.2, 0.25) is 5.02 Å². The van der Waals surface area contributed by atoms with E-state index < -0.39 is 12.0 Å². The van der Waals surface area contributed by atoms with Crippen LogP contribution in [0.5, 0.6) is 0 Å². The van der Waals surface area contributed by atoms with E-state index in [0.717, 1.165) is 18.4 Å². The van der Waals surface area contributed by atoms with Crippen molar-refractivity contribution >= 4 is 29.2 Å². The number of halogens is 1. The van der Waals surface area contributed by atoms with E-state index in [1.165, 1.54) is 0 Å². The van der Waals surface area contributed by atoms with E-state index in [1.807, 2.05) is 19.9 Å². The van der Waals surface area contributed by atoms with Gasteiger partial charge in [-0.25, -0.2) is 0 Å². The highest BCUT2D eigenvalue weighted by Crippen LogP contribution is 2.22. The number of hydrogen-bond acceptors (Lipinski definition) is 3. The summed E-state index contributed by atoms with van der Waals surface area (Å²) in [6, 6.07) is 4.55. The first-order valence-corrected chi connectivity index (χ1v) is 8.26. The van der Waals surface area contributed by atoms with Crippen molar-refractivity contribution in [2.75, 3.05) is 5.32 Å². The van der Waals surface area contributed by atoms with Gasteiger partial charge in [-0.05, 0) is 38.0 Å². The predicted molar refractivity (Wildman–Crippen MR) is 93.0 cm³/mol. The molecule has 128 valence electrons. The summed E-state index contributed by atoms with van der Waals surface area (Å²) in [5.41, 5.74) is 1.58. The summed E-state index contributed by atoms with van der Waals surface area (Å²) < 4.78 is 0. The molecule has 0 heterocycles. The number of carboxylic acids is 1. The average molecular weight is 341 g/mol. The zero-order valence-corrected chi connectivity index (χ0v) is 14.6. The Kier molecular flexibility index (Phi) is 8.06. The summed E-state index contributed by atoms with van der Waals surface area (Å²) in [4.78, 5) is 23.3. The van der Waals surface area contributed by atoms with Gasteiger partial charge in [0.05, 0.1) is 10.7 Å². The molecule has 0 aliphatic heterocycles. The minimum atomic E-state index is -0.882. The second kappa shape index (κ2) is 9.53. The van der Waals surface area contributed by atoms with Gasteiger partial charge in [0, 0.05) is 12.5 Å². The maximum Gasteiger partial charge on any atom is 0.320 e. The number of aryl methyl sites for hydroxylation is 1. The highest BCUT2D eigenvalue weighted by atomic mass is 35.5. The van der Waals surface area contributed by atoms with Crippen molar-refractivity contribution in [2.45, 2.75) is 58.5 Å². The second-order valence-corrected chi connectivity index (χ2v) is 6.24. The molecule has 0 aliphatic rings. The molecule has 0 aromatic heterocycles. The molecule has 0 aliphatic carbocycles. The third-order valence-corrected chi connectivity index (χ3v) is 3.83. The van der Waals surface area contributed by atoms with E-state index in [0.29, 0.717) is 17.1 Å². The van der Waals surface area contributed by atoms with E-state index in [9.17, 15) is 14.7 Å². The topological polar surface area (TPSA) is 78.4 Å². The maximum absolute atomic E-state index is 12.1. The Morgan fingerprint density at radius 3 is 2.61 bits per heavy atom. The number of nitrogens with one attached hydrogen (secondary N) is 2. The lowest BCUT2D eigenvalue weighted by Gasteiger charge is -2.20. The van der Waals surface area contributed by atoms with Gasteiger partial charge in [-0.2, -0.15) is 0 Å². The second-order valence-electron chi connectivity index (χ2n) is 5.84. The smallest absolute Gasteiger partial charge is 0.320 e. The van der Waals surface area contributed by atoms with Crippen molar-refractivity contribution in [1.29, 1.82) is 0 Å². The average Bonchev–Trinajstić information content (AvgIpc) is 2.46. The molecule has 0 spiro atoms. The molecule has 5 nitrogen and oxygen atoms in total. The van der Waals surface area contributed by atoms with Crippen LogP contribution < -0.4 is 10.6 Å². The molecule has 6 heteroatoms. The number of carbonyl (C=O) groups is 2. The summed E-state index contributed by atoms with van der Waals surface area (Å²) in [5, 5.41) is 15.4. The molecule has 2 atom stereocenters. The number of carboxylic acid groups (broad SMARTS) is 1. The van der Waals surface area contributed by atoms with Gasteiger partial charge < -0.3 is 15.7 Å². The molecule has 1 aromatic carbocycles. The molecule has 1 rings (SSSR count). The van der Waals surface area contributed by atoms with Crippen LogP contribution in [0, 0.1) is 6.92 Å². The van der Waals surface area contributed by atoms with Gasteiger partial charge >= 0.3 is 5.97 Å². The Morgan fingerprint density at radius 1 is 1.35 bits per heavy atom. The van der Waals surface area contributed by atoms with Crippen molar-refractivity contribution < 1.29 is 14.7 Å². The summed E-state index contributed by atoms with van der Waals surface area (Å²) in [6.45, 7) is 5.74. The highest BCUT2D eigenvalue weighted by molar-refractivity contribution is 6.33. The summed E-state index contributed by atoms with van der Waals surface area (Å²) in [6.07, 6.45) is 2.51. The van der Waals surface area contributed by atoms with Crippen molar-refractivity contribution in [3.8, 4) is 0 Å². The van der Waals surface area contributed by atoms with E-state index >= 15 is 0 Å². The summed E-state index contributed by atoms with van der Waals surface area (Å²) >= 11 is 6.09.